The summed E-state index contributed by atoms with van der Waals surface area (Å²) in [5, 5.41) is 13.4. The van der Waals surface area contributed by atoms with E-state index in [0.29, 0.717) is 5.75 Å². The number of nitro benzene ring substituents is 1. The summed E-state index contributed by atoms with van der Waals surface area (Å²) < 4.78 is 10.5. The quantitative estimate of drug-likeness (QED) is 0.433. The highest BCUT2D eigenvalue weighted by Crippen LogP contribution is 2.23. The second-order valence-electron chi connectivity index (χ2n) is 5.81. The largest absolute Gasteiger partial charge is 0.493 e. The number of para-hydroxylation sites is 2. The number of nitrogens with one attached hydrogen (secondary N) is 1. The first-order valence-electron chi connectivity index (χ1n) is 8.30. The standard InChI is InChI=1S/C19H20N2O6/c1-13-6-5-7-15(12-13)26-11-10-18(22)27-14(2)19(23)20-16-8-3-4-9-17(16)21(24)25/h3-9,12,14H,10-11H2,1-2H3,(H,20,23)/t14-/m1/s1. The summed E-state index contributed by atoms with van der Waals surface area (Å²) in [7, 11) is 0. The summed E-state index contributed by atoms with van der Waals surface area (Å²) in [4.78, 5) is 34.3. The van der Waals surface area contributed by atoms with E-state index in [1.165, 1.54) is 25.1 Å². The minimum Gasteiger partial charge on any atom is -0.493 e. The summed E-state index contributed by atoms with van der Waals surface area (Å²) in [6.45, 7) is 3.43. The molecule has 27 heavy (non-hydrogen) atoms. The van der Waals surface area contributed by atoms with Gasteiger partial charge in [-0.25, -0.2) is 0 Å². The van der Waals surface area contributed by atoms with Crippen LogP contribution in [0.4, 0.5) is 11.4 Å². The average Bonchev–Trinajstić information content (AvgIpc) is 2.62. The Morgan fingerprint density at radius 1 is 1.19 bits per heavy atom. The van der Waals surface area contributed by atoms with E-state index in [2.05, 4.69) is 5.32 Å². The zero-order valence-corrected chi connectivity index (χ0v) is 15.0. The van der Waals surface area contributed by atoms with Gasteiger partial charge in [-0.05, 0) is 37.6 Å². The molecule has 0 spiro atoms. The molecule has 2 aromatic carbocycles. The number of aryl methyl sites for hydroxylation is 1. The molecular weight excluding hydrogens is 352 g/mol. The van der Waals surface area contributed by atoms with Gasteiger partial charge in [0, 0.05) is 6.07 Å². The van der Waals surface area contributed by atoms with E-state index in [0.717, 1.165) is 5.56 Å². The third kappa shape index (κ3) is 6.10. The normalized spacial score (nSPS) is 11.3. The summed E-state index contributed by atoms with van der Waals surface area (Å²) >= 11 is 0. The molecule has 0 bridgehead atoms. The van der Waals surface area contributed by atoms with Crippen LogP contribution in [0.5, 0.6) is 5.75 Å². The van der Waals surface area contributed by atoms with Crippen LogP contribution in [0.1, 0.15) is 18.9 Å². The van der Waals surface area contributed by atoms with Gasteiger partial charge in [-0.1, -0.05) is 24.3 Å². The van der Waals surface area contributed by atoms with Gasteiger partial charge in [-0.2, -0.15) is 0 Å². The van der Waals surface area contributed by atoms with Crippen LogP contribution in [0.3, 0.4) is 0 Å². The van der Waals surface area contributed by atoms with Crippen molar-refractivity contribution >= 4 is 23.3 Å². The minimum atomic E-state index is -1.10. The van der Waals surface area contributed by atoms with Crippen LogP contribution < -0.4 is 10.1 Å². The molecule has 2 rings (SSSR count). The summed E-state index contributed by atoms with van der Waals surface area (Å²) in [5.41, 5.74) is 0.837. The maximum absolute atomic E-state index is 12.1. The molecule has 2 aromatic rings. The lowest BCUT2D eigenvalue weighted by Gasteiger charge is -2.14. The van der Waals surface area contributed by atoms with Crippen LogP contribution >= 0.6 is 0 Å². The first-order chi connectivity index (χ1) is 12.9. The lowest BCUT2D eigenvalue weighted by molar-refractivity contribution is -0.383. The van der Waals surface area contributed by atoms with Gasteiger partial charge in [-0.3, -0.25) is 19.7 Å². The molecule has 0 saturated carbocycles. The summed E-state index contributed by atoms with van der Waals surface area (Å²) in [5.74, 6) is -0.616. The molecule has 0 unspecified atom stereocenters. The van der Waals surface area contributed by atoms with Gasteiger partial charge in [0.1, 0.15) is 11.4 Å². The molecule has 0 aliphatic rings. The second-order valence-corrected chi connectivity index (χ2v) is 5.81. The molecule has 1 atom stereocenters. The third-order valence-corrected chi connectivity index (χ3v) is 3.60. The Balaban J connectivity index is 1.81. The Morgan fingerprint density at radius 2 is 1.93 bits per heavy atom. The predicted octanol–water partition coefficient (Wildman–Crippen LogP) is 3.24. The lowest BCUT2D eigenvalue weighted by atomic mass is 10.2. The van der Waals surface area contributed by atoms with E-state index in [-0.39, 0.29) is 24.4 Å². The van der Waals surface area contributed by atoms with Crippen molar-refractivity contribution < 1.29 is 24.0 Å². The molecule has 8 heteroatoms. The zero-order valence-electron chi connectivity index (χ0n) is 15.0. The maximum atomic E-state index is 12.1. The smallest absolute Gasteiger partial charge is 0.310 e. The number of nitro groups is 1. The zero-order chi connectivity index (χ0) is 19.8. The highest BCUT2D eigenvalue weighted by Gasteiger charge is 2.21. The number of hydrogen-bond donors (Lipinski definition) is 1. The van der Waals surface area contributed by atoms with Crippen LogP contribution in [0, 0.1) is 17.0 Å². The maximum Gasteiger partial charge on any atom is 0.310 e. The Bertz CT molecular complexity index is 836. The minimum absolute atomic E-state index is 0.0307. The number of anilines is 1. The van der Waals surface area contributed by atoms with E-state index in [1.807, 2.05) is 25.1 Å². The van der Waals surface area contributed by atoms with Crippen molar-refractivity contribution in [3.8, 4) is 5.75 Å². The van der Waals surface area contributed by atoms with Crippen LogP contribution in [0.25, 0.3) is 0 Å². The van der Waals surface area contributed by atoms with Crippen molar-refractivity contribution in [2.45, 2.75) is 26.4 Å². The number of rotatable bonds is 8. The Hall–Kier alpha value is -3.42. The molecule has 0 heterocycles. The van der Waals surface area contributed by atoms with Gasteiger partial charge >= 0.3 is 5.97 Å². The van der Waals surface area contributed by atoms with Gasteiger partial charge in [0.2, 0.25) is 0 Å². The van der Waals surface area contributed by atoms with Gasteiger partial charge < -0.3 is 14.8 Å². The van der Waals surface area contributed by atoms with E-state index in [4.69, 9.17) is 9.47 Å². The molecular formula is C19H20N2O6. The molecule has 1 amide bonds. The molecule has 0 aliphatic carbocycles. The Kier molecular flexibility index (Phi) is 6.87. The Morgan fingerprint density at radius 3 is 2.63 bits per heavy atom. The molecule has 0 radical (unpaired) electrons. The molecule has 142 valence electrons. The summed E-state index contributed by atoms with van der Waals surface area (Å²) in [6.07, 6.45) is -1.13. The van der Waals surface area contributed by atoms with Crippen LogP contribution in [-0.4, -0.2) is 29.5 Å². The van der Waals surface area contributed by atoms with Gasteiger partial charge in [0.05, 0.1) is 18.0 Å². The fourth-order valence-electron chi connectivity index (χ4n) is 2.24. The van der Waals surface area contributed by atoms with Crippen molar-refractivity contribution in [3.63, 3.8) is 0 Å². The highest BCUT2D eigenvalue weighted by molar-refractivity contribution is 5.96. The molecule has 0 saturated heterocycles. The van der Waals surface area contributed by atoms with Crippen molar-refractivity contribution in [3.05, 3.63) is 64.2 Å². The van der Waals surface area contributed by atoms with E-state index >= 15 is 0 Å². The van der Waals surface area contributed by atoms with Crippen LogP contribution in [0.15, 0.2) is 48.5 Å². The van der Waals surface area contributed by atoms with Crippen molar-refractivity contribution in [1.29, 1.82) is 0 Å². The number of amides is 1. The third-order valence-electron chi connectivity index (χ3n) is 3.60. The molecule has 0 aromatic heterocycles. The number of hydrogen-bond acceptors (Lipinski definition) is 6. The first kappa shape index (κ1) is 19.9. The van der Waals surface area contributed by atoms with Gasteiger partial charge in [-0.15, -0.1) is 0 Å². The number of carbonyl (C=O) groups excluding carboxylic acids is 2. The molecule has 0 fully saturated rings. The van der Waals surface area contributed by atoms with E-state index in [9.17, 15) is 19.7 Å². The summed E-state index contributed by atoms with van der Waals surface area (Å²) in [6, 6.07) is 13.1. The fourth-order valence-corrected chi connectivity index (χ4v) is 2.24. The topological polar surface area (TPSA) is 108 Å². The van der Waals surface area contributed by atoms with Crippen LogP contribution in [-0.2, 0) is 14.3 Å². The monoisotopic (exact) mass is 372 g/mol. The van der Waals surface area contributed by atoms with Gasteiger partial charge in [0.25, 0.3) is 11.6 Å². The highest BCUT2D eigenvalue weighted by atomic mass is 16.6. The number of nitrogens with zero attached hydrogens (tertiary/aromatic N) is 1. The number of esters is 1. The lowest BCUT2D eigenvalue weighted by Crippen LogP contribution is -2.30. The number of ether oxygens (including phenoxy) is 2. The fraction of sp³-hybridized carbons (Fsp3) is 0.263. The second kappa shape index (κ2) is 9.33. The number of carbonyl (C=O) groups is 2. The van der Waals surface area contributed by atoms with Gasteiger partial charge in [0.15, 0.2) is 6.10 Å². The van der Waals surface area contributed by atoms with E-state index in [1.54, 1.807) is 12.1 Å². The predicted molar refractivity (Wildman–Crippen MR) is 98.6 cm³/mol. The first-order valence-corrected chi connectivity index (χ1v) is 8.30. The Labute approximate surface area is 156 Å². The van der Waals surface area contributed by atoms with Crippen molar-refractivity contribution in [2.75, 3.05) is 11.9 Å². The average molecular weight is 372 g/mol. The molecule has 8 nitrogen and oxygen atoms in total. The van der Waals surface area contributed by atoms with Crippen LogP contribution in [0.2, 0.25) is 0 Å². The SMILES string of the molecule is Cc1cccc(OCCC(=O)O[C@H](C)C(=O)Nc2ccccc2[N+](=O)[O-])c1. The van der Waals surface area contributed by atoms with Crippen molar-refractivity contribution in [2.24, 2.45) is 0 Å². The van der Waals surface area contributed by atoms with E-state index < -0.39 is 22.9 Å². The molecule has 0 aliphatic heterocycles. The molecule has 1 N–H and O–H groups in total. The number of benzene rings is 2. The van der Waals surface area contributed by atoms with Crippen molar-refractivity contribution in [1.82, 2.24) is 0 Å².